The van der Waals surface area contributed by atoms with Gasteiger partial charge in [-0.05, 0) is 16.5 Å². The van der Waals surface area contributed by atoms with Crippen molar-refractivity contribution in [1.29, 1.82) is 0 Å². The normalized spacial score (nSPS) is 13.2. The largest absolute Gasteiger partial charge is 0.383 e. The maximum atomic E-state index is 11.9. The lowest BCUT2D eigenvalue weighted by molar-refractivity contribution is -0.123. The van der Waals surface area contributed by atoms with E-state index in [2.05, 4.69) is 64.2 Å². The summed E-state index contributed by atoms with van der Waals surface area (Å²) in [4.78, 5) is 11.9. The van der Waals surface area contributed by atoms with Gasteiger partial charge in [0.05, 0.1) is 6.61 Å². The van der Waals surface area contributed by atoms with E-state index in [9.17, 15) is 4.79 Å². The van der Waals surface area contributed by atoms with E-state index >= 15 is 0 Å². The summed E-state index contributed by atoms with van der Waals surface area (Å²) in [5.74, 6) is -0.179. The second-order valence-corrected chi connectivity index (χ2v) is 7.49. The molecular weight excluding hydrogens is 312 g/mol. The lowest BCUT2D eigenvalue weighted by Crippen LogP contribution is -2.47. The number of carbonyl (C=O) groups excluding carboxylic acids is 1. The van der Waals surface area contributed by atoms with Crippen LogP contribution in [0.15, 0.2) is 24.3 Å². The highest BCUT2D eigenvalue weighted by Gasteiger charge is 2.24. The molecule has 0 saturated heterocycles. The third-order valence-corrected chi connectivity index (χ3v) is 3.92. The van der Waals surface area contributed by atoms with Gasteiger partial charge in [0.1, 0.15) is 6.04 Å². The van der Waals surface area contributed by atoms with Crippen molar-refractivity contribution < 1.29 is 9.53 Å². The third-order valence-electron chi connectivity index (χ3n) is 3.92. The van der Waals surface area contributed by atoms with Crippen molar-refractivity contribution in [3.63, 3.8) is 0 Å². The molecule has 3 N–H and O–H groups in total. The molecule has 0 radical (unpaired) electrons. The van der Waals surface area contributed by atoms with Gasteiger partial charge in [0, 0.05) is 19.1 Å². The van der Waals surface area contributed by atoms with Crippen LogP contribution < -0.4 is 11.1 Å². The van der Waals surface area contributed by atoms with Crippen LogP contribution >= 0.6 is 12.4 Å². The van der Waals surface area contributed by atoms with E-state index in [1.54, 1.807) is 0 Å². The van der Waals surface area contributed by atoms with Crippen LogP contribution in [0.4, 0.5) is 0 Å². The van der Waals surface area contributed by atoms with Gasteiger partial charge in [-0.25, -0.2) is 0 Å². The highest BCUT2D eigenvalue weighted by Crippen LogP contribution is 2.27. The first kappa shape index (κ1) is 21.9. The Morgan fingerprint density at radius 3 is 2.04 bits per heavy atom. The summed E-state index contributed by atoms with van der Waals surface area (Å²) in [5.41, 5.74) is 8.21. The summed E-state index contributed by atoms with van der Waals surface area (Å²) in [6.07, 6.45) is 0. The number of carbonyl (C=O) groups is 1. The number of hydrogen-bond acceptors (Lipinski definition) is 3. The average molecular weight is 343 g/mol. The van der Waals surface area contributed by atoms with Crippen molar-refractivity contribution in [2.45, 2.75) is 51.5 Å². The molecule has 1 aromatic carbocycles. The monoisotopic (exact) mass is 342 g/mol. The molecule has 0 heterocycles. The molecule has 4 nitrogen and oxygen atoms in total. The predicted molar refractivity (Wildman–Crippen MR) is 98.3 cm³/mol. The van der Waals surface area contributed by atoms with Crippen LogP contribution in [0.3, 0.4) is 0 Å². The molecule has 23 heavy (non-hydrogen) atoms. The Kier molecular flexibility index (Phi) is 8.25. The molecule has 1 amide bonds. The van der Waals surface area contributed by atoms with Crippen LogP contribution in [0.25, 0.3) is 0 Å². The first-order valence-corrected chi connectivity index (χ1v) is 7.71. The van der Waals surface area contributed by atoms with E-state index in [1.165, 1.54) is 18.2 Å². The molecule has 1 atom stereocenters. The number of ether oxygens (including phenoxy) is 1. The van der Waals surface area contributed by atoms with E-state index in [4.69, 9.17) is 10.5 Å². The summed E-state index contributed by atoms with van der Waals surface area (Å²) in [6.45, 7) is 11.6. The van der Waals surface area contributed by atoms with Gasteiger partial charge in [0.25, 0.3) is 0 Å². The fourth-order valence-electron chi connectivity index (χ4n) is 2.22. The van der Waals surface area contributed by atoms with E-state index in [1.807, 2.05) is 0 Å². The van der Waals surface area contributed by atoms with Crippen molar-refractivity contribution in [2.75, 3.05) is 20.3 Å². The minimum Gasteiger partial charge on any atom is -0.383 e. The zero-order chi connectivity index (χ0) is 17.0. The highest BCUT2D eigenvalue weighted by atomic mass is 35.5. The van der Waals surface area contributed by atoms with Crippen molar-refractivity contribution in [2.24, 2.45) is 5.73 Å². The summed E-state index contributed by atoms with van der Waals surface area (Å²) >= 11 is 0. The second-order valence-electron chi connectivity index (χ2n) is 7.49. The number of rotatable bonds is 6. The summed E-state index contributed by atoms with van der Waals surface area (Å²) < 4.78 is 4.90. The Bertz CT molecular complexity index is 493. The Hall–Kier alpha value is -1.10. The Morgan fingerprint density at radius 2 is 1.61 bits per heavy atom. The molecule has 0 fully saturated rings. The van der Waals surface area contributed by atoms with Crippen LogP contribution in [-0.4, -0.2) is 32.2 Å². The van der Waals surface area contributed by atoms with E-state index in [-0.39, 0.29) is 35.8 Å². The van der Waals surface area contributed by atoms with Crippen molar-refractivity contribution in [1.82, 2.24) is 5.32 Å². The Labute approximate surface area is 146 Å². The lowest BCUT2D eigenvalue weighted by Gasteiger charge is -2.28. The number of amides is 1. The maximum absolute atomic E-state index is 11.9. The smallest absolute Gasteiger partial charge is 0.239 e. The molecule has 0 aliphatic rings. The van der Waals surface area contributed by atoms with Crippen LogP contribution in [-0.2, 0) is 20.4 Å². The van der Waals surface area contributed by atoms with Gasteiger partial charge < -0.3 is 15.8 Å². The van der Waals surface area contributed by atoms with Gasteiger partial charge in [-0.3, -0.25) is 4.79 Å². The molecular formula is C18H31ClN2O2. The minimum absolute atomic E-state index is 0. The van der Waals surface area contributed by atoms with Crippen LogP contribution in [0, 0.1) is 0 Å². The number of methoxy groups -OCH3 is 1. The molecule has 1 aromatic rings. The Balaban J connectivity index is 0.00000484. The summed E-state index contributed by atoms with van der Waals surface area (Å²) in [5, 5.41) is 2.91. The predicted octanol–water partition coefficient (Wildman–Crippen LogP) is 2.77. The molecule has 1 rings (SSSR count). The number of halogens is 1. The van der Waals surface area contributed by atoms with Gasteiger partial charge >= 0.3 is 0 Å². The number of hydrogen-bond donors (Lipinski definition) is 2. The summed E-state index contributed by atoms with van der Waals surface area (Å²) in [6, 6.07) is 7.98. The lowest BCUT2D eigenvalue weighted by atomic mass is 9.81. The molecule has 132 valence electrons. The molecule has 0 spiro atoms. The maximum Gasteiger partial charge on any atom is 0.239 e. The third kappa shape index (κ3) is 6.50. The van der Waals surface area contributed by atoms with Gasteiger partial charge in [0.15, 0.2) is 0 Å². The van der Waals surface area contributed by atoms with E-state index in [0.717, 1.165) is 0 Å². The first-order chi connectivity index (χ1) is 10.1. The van der Waals surface area contributed by atoms with Gasteiger partial charge in [-0.1, -0.05) is 58.9 Å². The number of benzene rings is 1. The average Bonchev–Trinajstić information content (AvgIpc) is 2.44. The van der Waals surface area contributed by atoms with Crippen molar-refractivity contribution in [3.8, 4) is 0 Å². The standard InChI is InChI=1S/C18H30N2O2.ClH/c1-17(2,3)13-7-9-14(10-8-13)18(4,5)12-20-16(21)15(19)11-22-6;/h7-10,15H,11-12,19H2,1-6H3,(H,20,21);1H. The quantitative estimate of drug-likeness (QED) is 0.835. The van der Waals surface area contributed by atoms with E-state index < -0.39 is 6.04 Å². The molecule has 0 aliphatic carbocycles. The molecule has 0 aliphatic heterocycles. The van der Waals surface area contributed by atoms with Gasteiger partial charge in [0.2, 0.25) is 5.91 Å². The van der Waals surface area contributed by atoms with Crippen LogP contribution in [0.1, 0.15) is 45.7 Å². The van der Waals surface area contributed by atoms with Gasteiger partial charge in [-0.2, -0.15) is 0 Å². The molecule has 0 aromatic heterocycles. The molecule has 1 unspecified atom stereocenters. The molecule has 0 saturated carbocycles. The fourth-order valence-corrected chi connectivity index (χ4v) is 2.22. The topological polar surface area (TPSA) is 64.3 Å². The van der Waals surface area contributed by atoms with E-state index in [0.29, 0.717) is 6.54 Å². The van der Waals surface area contributed by atoms with Crippen LogP contribution in [0.5, 0.6) is 0 Å². The highest BCUT2D eigenvalue weighted by molar-refractivity contribution is 5.85. The van der Waals surface area contributed by atoms with Gasteiger partial charge in [-0.15, -0.1) is 12.4 Å². The molecule has 0 bridgehead atoms. The minimum atomic E-state index is -0.621. The van der Waals surface area contributed by atoms with Crippen molar-refractivity contribution in [3.05, 3.63) is 35.4 Å². The zero-order valence-corrected chi connectivity index (χ0v) is 15.9. The Morgan fingerprint density at radius 1 is 1.13 bits per heavy atom. The number of nitrogens with two attached hydrogens (primary N) is 1. The molecule has 5 heteroatoms. The first-order valence-electron chi connectivity index (χ1n) is 7.71. The second kappa shape index (κ2) is 8.67. The zero-order valence-electron chi connectivity index (χ0n) is 15.1. The van der Waals surface area contributed by atoms with Crippen LogP contribution in [0.2, 0.25) is 0 Å². The fraction of sp³-hybridized carbons (Fsp3) is 0.611. The SMILES string of the molecule is COCC(N)C(=O)NCC(C)(C)c1ccc(C(C)(C)C)cc1.Cl. The summed E-state index contributed by atoms with van der Waals surface area (Å²) in [7, 11) is 1.54. The van der Waals surface area contributed by atoms with Crippen molar-refractivity contribution >= 4 is 18.3 Å². The number of nitrogens with one attached hydrogen (secondary N) is 1.